The van der Waals surface area contributed by atoms with Gasteiger partial charge in [0, 0.05) is 44.8 Å². The van der Waals surface area contributed by atoms with Gasteiger partial charge in [-0.25, -0.2) is 14.6 Å². The molecule has 10 heteroatoms. The molecule has 2 atom stereocenters. The lowest BCUT2D eigenvalue weighted by Gasteiger charge is -2.41. The molecule has 30 heavy (non-hydrogen) atoms. The molecule has 0 bridgehead atoms. The molecule has 2 N–H and O–H groups in total. The molecule has 5 rings (SSSR count). The van der Waals surface area contributed by atoms with Crippen molar-refractivity contribution in [3.8, 4) is 0 Å². The third-order valence-corrected chi connectivity index (χ3v) is 6.51. The van der Waals surface area contributed by atoms with Crippen LogP contribution in [0.4, 0.5) is 4.79 Å². The Labute approximate surface area is 172 Å². The summed E-state index contributed by atoms with van der Waals surface area (Å²) < 4.78 is 1.78. The highest BCUT2D eigenvalue weighted by molar-refractivity contribution is 6.01. The van der Waals surface area contributed by atoms with Crippen molar-refractivity contribution in [3.63, 3.8) is 0 Å². The summed E-state index contributed by atoms with van der Waals surface area (Å²) in [5.74, 6) is 0.175. The molecule has 10 nitrogen and oxygen atoms in total. The number of carbonyl (C=O) groups excluding carboxylic acids is 2. The van der Waals surface area contributed by atoms with Crippen molar-refractivity contribution in [2.75, 3.05) is 39.8 Å². The van der Waals surface area contributed by atoms with Gasteiger partial charge in [-0.2, -0.15) is 0 Å². The van der Waals surface area contributed by atoms with Crippen LogP contribution in [0.3, 0.4) is 0 Å². The standard InChI is InChI=1S/C20H25N7O3/c1-12-4-6-25(20(30)26-8-7-24(2)16(28)11-26)10-15(12)27-17-13-3-5-21-18(13)22-9-14(17)23-19(27)29/h3,5,9,12,15H,4,6-8,10-11H2,1-2H3,(H,21,22)(H,23,29)/t12-,15+/m1/s1. The molecular weight excluding hydrogens is 386 g/mol. The largest absolute Gasteiger partial charge is 0.346 e. The van der Waals surface area contributed by atoms with Crippen molar-refractivity contribution in [2.24, 2.45) is 5.92 Å². The Bertz CT molecular complexity index is 1190. The van der Waals surface area contributed by atoms with Crippen molar-refractivity contribution in [2.45, 2.75) is 19.4 Å². The summed E-state index contributed by atoms with van der Waals surface area (Å²) in [4.78, 5) is 53.5. The summed E-state index contributed by atoms with van der Waals surface area (Å²) in [6.45, 7) is 4.34. The number of rotatable bonds is 1. The molecule has 158 valence electrons. The number of aromatic amines is 2. The van der Waals surface area contributed by atoms with Crippen LogP contribution in [-0.2, 0) is 4.79 Å². The molecule has 2 aliphatic rings. The van der Waals surface area contributed by atoms with E-state index in [0.29, 0.717) is 31.7 Å². The number of imidazole rings is 1. The number of fused-ring (bicyclic) bond motifs is 3. The lowest BCUT2D eigenvalue weighted by Crippen LogP contribution is -2.56. The van der Waals surface area contributed by atoms with Crippen LogP contribution in [0.2, 0.25) is 0 Å². The summed E-state index contributed by atoms with van der Waals surface area (Å²) in [7, 11) is 1.75. The van der Waals surface area contributed by atoms with Gasteiger partial charge < -0.3 is 24.7 Å². The highest BCUT2D eigenvalue weighted by atomic mass is 16.2. The van der Waals surface area contributed by atoms with Crippen LogP contribution in [0, 0.1) is 5.92 Å². The fourth-order valence-corrected chi connectivity index (χ4v) is 4.62. The predicted octanol–water partition coefficient (Wildman–Crippen LogP) is 0.983. The number of hydrogen-bond donors (Lipinski definition) is 2. The number of aromatic nitrogens is 4. The Hall–Kier alpha value is -3.30. The number of amides is 3. The van der Waals surface area contributed by atoms with Gasteiger partial charge in [0.2, 0.25) is 5.91 Å². The minimum Gasteiger partial charge on any atom is -0.346 e. The van der Waals surface area contributed by atoms with Crippen molar-refractivity contribution in [3.05, 3.63) is 28.9 Å². The van der Waals surface area contributed by atoms with Crippen LogP contribution in [0.1, 0.15) is 19.4 Å². The smallest absolute Gasteiger partial charge is 0.326 e. The van der Waals surface area contributed by atoms with Gasteiger partial charge in [-0.3, -0.25) is 9.36 Å². The fraction of sp³-hybridized carbons (Fsp3) is 0.500. The first-order valence-corrected chi connectivity index (χ1v) is 10.3. The molecule has 0 radical (unpaired) electrons. The lowest BCUT2D eigenvalue weighted by atomic mass is 9.93. The second-order valence-corrected chi connectivity index (χ2v) is 8.36. The van der Waals surface area contributed by atoms with E-state index in [4.69, 9.17) is 0 Å². The number of nitrogens with zero attached hydrogens (tertiary/aromatic N) is 5. The molecule has 2 saturated heterocycles. The minimum atomic E-state index is -0.193. The van der Waals surface area contributed by atoms with Gasteiger partial charge in [-0.15, -0.1) is 0 Å². The average Bonchev–Trinajstić information content (AvgIpc) is 3.33. The van der Waals surface area contributed by atoms with E-state index < -0.39 is 0 Å². The van der Waals surface area contributed by atoms with Crippen molar-refractivity contribution < 1.29 is 9.59 Å². The zero-order chi connectivity index (χ0) is 21.0. The quantitative estimate of drug-likeness (QED) is 0.622. The Kier molecular flexibility index (Phi) is 4.30. The second-order valence-electron chi connectivity index (χ2n) is 8.36. The van der Waals surface area contributed by atoms with E-state index in [0.717, 1.165) is 23.0 Å². The Morgan fingerprint density at radius 1 is 1.20 bits per heavy atom. The first-order valence-electron chi connectivity index (χ1n) is 10.3. The van der Waals surface area contributed by atoms with Crippen molar-refractivity contribution in [1.29, 1.82) is 0 Å². The third kappa shape index (κ3) is 2.86. The highest BCUT2D eigenvalue weighted by Gasteiger charge is 2.35. The summed E-state index contributed by atoms with van der Waals surface area (Å²) in [6.07, 6.45) is 4.26. The zero-order valence-electron chi connectivity index (χ0n) is 17.1. The van der Waals surface area contributed by atoms with Crippen LogP contribution in [0.25, 0.3) is 22.1 Å². The van der Waals surface area contributed by atoms with Crippen molar-refractivity contribution >= 4 is 34.0 Å². The molecule has 0 aromatic carbocycles. The number of likely N-dealkylation sites (tertiary alicyclic amines) is 1. The highest BCUT2D eigenvalue weighted by Crippen LogP contribution is 2.31. The molecule has 3 aromatic rings. The molecule has 0 saturated carbocycles. The van der Waals surface area contributed by atoms with E-state index in [9.17, 15) is 14.4 Å². The van der Waals surface area contributed by atoms with Gasteiger partial charge in [-0.1, -0.05) is 6.92 Å². The molecule has 2 aliphatic heterocycles. The summed E-state index contributed by atoms with van der Waals surface area (Å²) in [5, 5.41) is 0.881. The van der Waals surface area contributed by atoms with Gasteiger partial charge in [-0.05, 0) is 18.4 Å². The lowest BCUT2D eigenvalue weighted by molar-refractivity contribution is -0.133. The van der Waals surface area contributed by atoms with E-state index in [-0.39, 0.29) is 36.1 Å². The van der Waals surface area contributed by atoms with Gasteiger partial charge in [0.15, 0.2) is 0 Å². The SMILES string of the molecule is C[C@@H]1CCN(C(=O)N2CCN(C)C(=O)C2)C[C@@H]1n1c(=O)[nH]c2cnc3[nH]ccc3c21. The number of nitrogens with one attached hydrogen (secondary N) is 2. The topological polar surface area (TPSA) is 110 Å². The third-order valence-electron chi connectivity index (χ3n) is 6.51. The molecule has 0 spiro atoms. The number of pyridine rings is 1. The number of hydrogen-bond acceptors (Lipinski definition) is 4. The maximum Gasteiger partial charge on any atom is 0.326 e. The van der Waals surface area contributed by atoms with Gasteiger partial charge in [0.25, 0.3) is 0 Å². The molecule has 0 aliphatic carbocycles. The number of urea groups is 1. The minimum absolute atomic E-state index is 0.0493. The number of H-pyrrole nitrogens is 2. The van der Waals surface area contributed by atoms with E-state index in [1.807, 2.05) is 12.3 Å². The maximum absolute atomic E-state index is 13.1. The average molecular weight is 411 g/mol. The Balaban J connectivity index is 1.48. The molecule has 3 amide bonds. The van der Waals surface area contributed by atoms with E-state index in [1.54, 1.807) is 32.5 Å². The fourth-order valence-electron chi connectivity index (χ4n) is 4.62. The van der Waals surface area contributed by atoms with Crippen LogP contribution < -0.4 is 5.69 Å². The van der Waals surface area contributed by atoms with Crippen LogP contribution >= 0.6 is 0 Å². The normalized spacial score (nSPS) is 23.0. The van der Waals surface area contributed by atoms with E-state index >= 15 is 0 Å². The van der Waals surface area contributed by atoms with E-state index in [1.165, 1.54) is 0 Å². The molecule has 2 fully saturated rings. The van der Waals surface area contributed by atoms with Gasteiger partial charge >= 0.3 is 11.7 Å². The summed E-state index contributed by atoms with van der Waals surface area (Å²) in [6, 6.07) is 1.63. The molecule has 0 unspecified atom stereocenters. The Morgan fingerprint density at radius 3 is 2.83 bits per heavy atom. The monoisotopic (exact) mass is 411 g/mol. The molecule has 3 aromatic heterocycles. The summed E-state index contributed by atoms with van der Waals surface area (Å²) >= 11 is 0. The maximum atomic E-state index is 13.1. The van der Waals surface area contributed by atoms with E-state index in [2.05, 4.69) is 21.9 Å². The Morgan fingerprint density at radius 2 is 2.03 bits per heavy atom. The predicted molar refractivity (Wildman–Crippen MR) is 111 cm³/mol. The van der Waals surface area contributed by atoms with Crippen LogP contribution in [-0.4, -0.2) is 85.9 Å². The van der Waals surface area contributed by atoms with Crippen LogP contribution in [0.5, 0.6) is 0 Å². The van der Waals surface area contributed by atoms with Gasteiger partial charge in [0.05, 0.1) is 23.3 Å². The molecule has 5 heterocycles. The number of piperazine rings is 1. The first kappa shape index (κ1) is 18.7. The number of likely N-dealkylation sites (N-methyl/N-ethyl adjacent to an activating group) is 1. The van der Waals surface area contributed by atoms with Crippen molar-refractivity contribution in [1.82, 2.24) is 34.2 Å². The van der Waals surface area contributed by atoms with Gasteiger partial charge in [0.1, 0.15) is 12.2 Å². The number of carbonyl (C=O) groups is 2. The van der Waals surface area contributed by atoms with Crippen LogP contribution in [0.15, 0.2) is 23.3 Å². The zero-order valence-corrected chi connectivity index (χ0v) is 17.1. The first-order chi connectivity index (χ1) is 14.4. The molecular formula is C20H25N7O3. The number of piperidine rings is 1. The summed E-state index contributed by atoms with van der Waals surface area (Å²) in [5.41, 5.74) is 2.03. The second kappa shape index (κ2) is 6.89.